The molecule has 28 heavy (non-hydrogen) atoms. The maximum atomic E-state index is 14.5. The standard InChI is InChI=1S/C20H22FN3O4/c21-20(7-1-2-8-20)11-22-17(26)12-3-4-14-13(9-12)10-24(19(14)28)15-5-6-16(25)23-18(15)27/h3-4,9,15H,1-2,5-8,10-11H2,(H,22,26)(H,23,25,27). The van der Waals surface area contributed by atoms with Crippen molar-refractivity contribution < 1.29 is 23.6 Å². The third-order valence-electron chi connectivity index (χ3n) is 5.85. The Morgan fingerprint density at radius 1 is 1.25 bits per heavy atom. The van der Waals surface area contributed by atoms with E-state index in [1.54, 1.807) is 18.2 Å². The van der Waals surface area contributed by atoms with Gasteiger partial charge in [-0.05, 0) is 43.0 Å². The van der Waals surface area contributed by atoms with Crippen LogP contribution in [0.25, 0.3) is 0 Å². The summed E-state index contributed by atoms with van der Waals surface area (Å²) in [6, 6.07) is 4.04. The third-order valence-corrected chi connectivity index (χ3v) is 5.85. The molecule has 1 saturated heterocycles. The van der Waals surface area contributed by atoms with Crippen LogP contribution in [0.3, 0.4) is 0 Å². The number of alkyl halides is 1. The van der Waals surface area contributed by atoms with Crippen molar-refractivity contribution in [2.24, 2.45) is 0 Å². The molecule has 1 aromatic rings. The van der Waals surface area contributed by atoms with Crippen LogP contribution in [0.4, 0.5) is 4.39 Å². The highest BCUT2D eigenvalue weighted by molar-refractivity contribution is 6.06. The van der Waals surface area contributed by atoms with Gasteiger partial charge in [0.2, 0.25) is 11.8 Å². The lowest BCUT2D eigenvalue weighted by Gasteiger charge is -2.29. The molecule has 1 atom stereocenters. The Balaban J connectivity index is 1.45. The van der Waals surface area contributed by atoms with Crippen molar-refractivity contribution in [1.82, 2.24) is 15.5 Å². The van der Waals surface area contributed by atoms with Gasteiger partial charge < -0.3 is 10.2 Å². The van der Waals surface area contributed by atoms with Gasteiger partial charge in [-0.1, -0.05) is 12.8 Å². The summed E-state index contributed by atoms with van der Waals surface area (Å²) >= 11 is 0. The number of rotatable bonds is 4. The lowest BCUT2D eigenvalue weighted by molar-refractivity contribution is -0.136. The predicted octanol–water partition coefficient (Wildman–Crippen LogP) is 1.46. The van der Waals surface area contributed by atoms with E-state index in [0.29, 0.717) is 29.5 Å². The summed E-state index contributed by atoms with van der Waals surface area (Å²) in [4.78, 5) is 49.9. The van der Waals surface area contributed by atoms with Gasteiger partial charge >= 0.3 is 0 Å². The van der Waals surface area contributed by atoms with Gasteiger partial charge in [0.1, 0.15) is 11.7 Å². The average Bonchev–Trinajstić information content (AvgIpc) is 3.24. The van der Waals surface area contributed by atoms with Gasteiger partial charge in [-0.3, -0.25) is 24.5 Å². The van der Waals surface area contributed by atoms with Gasteiger partial charge in [0.05, 0.1) is 6.54 Å². The van der Waals surface area contributed by atoms with Crippen LogP contribution in [0.5, 0.6) is 0 Å². The second-order valence-corrected chi connectivity index (χ2v) is 7.81. The third kappa shape index (κ3) is 3.39. The van der Waals surface area contributed by atoms with Gasteiger partial charge in [0.15, 0.2) is 0 Å². The molecule has 8 heteroatoms. The summed E-state index contributed by atoms with van der Waals surface area (Å²) in [6.07, 6.45) is 3.08. The monoisotopic (exact) mass is 387 g/mol. The van der Waals surface area contributed by atoms with Crippen molar-refractivity contribution in [1.29, 1.82) is 0 Å². The molecular weight excluding hydrogens is 365 g/mol. The second kappa shape index (κ2) is 7.00. The molecule has 1 saturated carbocycles. The number of amides is 4. The molecule has 1 unspecified atom stereocenters. The van der Waals surface area contributed by atoms with Crippen LogP contribution in [0.15, 0.2) is 18.2 Å². The molecule has 0 aromatic heterocycles. The first-order valence-electron chi connectivity index (χ1n) is 9.61. The molecule has 7 nitrogen and oxygen atoms in total. The minimum atomic E-state index is -1.33. The van der Waals surface area contributed by atoms with Crippen LogP contribution in [0, 0.1) is 0 Å². The highest BCUT2D eigenvalue weighted by Gasteiger charge is 2.39. The summed E-state index contributed by atoms with van der Waals surface area (Å²) < 4.78 is 14.5. The van der Waals surface area contributed by atoms with E-state index in [9.17, 15) is 23.6 Å². The molecule has 2 N–H and O–H groups in total. The maximum Gasteiger partial charge on any atom is 0.255 e. The van der Waals surface area contributed by atoms with Crippen LogP contribution in [0.1, 0.15) is 64.8 Å². The molecule has 4 rings (SSSR count). The molecule has 148 valence electrons. The van der Waals surface area contributed by atoms with E-state index in [1.807, 2.05) is 0 Å². The Hall–Kier alpha value is -2.77. The molecule has 0 bridgehead atoms. The van der Waals surface area contributed by atoms with Crippen LogP contribution < -0.4 is 10.6 Å². The van der Waals surface area contributed by atoms with E-state index in [0.717, 1.165) is 12.8 Å². The highest BCUT2D eigenvalue weighted by atomic mass is 19.1. The minimum absolute atomic E-state index is 0.00968. The van der Waals surface area contributed by atoms with E-state index in [1.165, 1.54) is 4.90 Å². The Morgan fingerprint density at radius 2 is 2.00 bits per heavy atom. The molecule has 2 fully saturated rings. The highest BCUT2D eigenvalue weighted by Crippen LogP contribution is 2.33. The maximum absolute atomic E-state index is 14.5. The van der Waals surface area contributed by atoms with Crippen molar-refractivity contribution in [3.05, 3.63) is 34.9 Å². The summed E-state index contributed by atoms with van der Waals surface area (Å²) in [5.74, 6) is -1.47. The predicted molar refractivity (Wildman–Crippen MR) is 97.1 cm³/mol. The molecular formula is C20H22FN3O4. The summed E-state index contributed by atoms with van der Waals surface area (Å²) in [5.41, 5.74) is 0.126. The fourth-order valence-electron chi connectivity index (χ4n) is 4.24. The van der Waals surface area contributed by atoms with Gasteiger partial charge in [0.25, 0.3) is 11.8 Å². The largest absolute Gasteiger partial charge is 0.349 e. The number of nitrogens with one attached hydrogen (secondary N) is 2. The summed E-state index contributed by atoms with van der Waals surface area (Å²) in [5, 5.41) is 4.91. The van der Waals surface area contributed by atoms with Gasteiger partial charge in [-0.25, -0.2) is 4.39 Å². The lowest BCUT2D eigenvalue weighted by atomic mass is 10.0. The zero-order chi connectivity index (χ0) is 19.9. The molecule has 2 aliphatic heterocycles. The minimum Gasteiger partial charge on any atom is -0.349 e. The number of carbonyl (C=O) groups is 4. The first-order chi connectivity index (χ1) is 13.4. The van der Waals surface area contributed by atoms with Gasteiger partial charge in [-0.15, -0.1) is 0 Å². The van der Waals surface area contributed by atoms with Crippen LogP contribution >= 0.6 is 0 Å². The van der Waals surface area contributed by atoms with Crippen molar-refractivity contribution in [2.75, 3.05) is 6.54 Å². The van der Waals surface area contributed by atoms with Crippen molar-refractivity contribution >= 4 is 23.6 Å². The van der Waals surface area contributed by atoms with E-state index < -0.39 is 17.6 Å². The number of hydrogen-bond donors (Lipinski definition) is 2. The Bertz CT molecular complexity index is 863. The first-order valence-corrected chi connectivity index (χ1v) is 9.61. The average molecular weight is 387 g/mol. The van der Waals surface area contributed by atoms with Crippen molar-refractivity contribution in [2.45, 2.75) is 56.8 Å². The number of halogens is 1. The zero-order valence-electron chi connectivity index (χ0n) is 15.4. The molecule has 1 aliphatic carbocycles. The van der Waals surface area contributed by atoms with Crippen LogP contribution in [-0.4, -0.2) is 46.8 Å². The number of piperidine rings is 1. The number of carbonyl (C=O) groups excluding carboxylic acids is 4. The fourth-order valence-corrected chi connectivity index (χ4v) is 4.24. The smallest absolute Gasteiger partial charge is 0.255 e. The number of hydrogen-bond acceptors (Lipinski definition) is 4. The van der Waals surface area contributed by atoms with Gasteiger partial charge in [0, 0.05) is 24.1 Å². The number of benzene rings is 1. The zero-order valence-corrected chi connectivity index (χ0v) is 15.4. The number of fused-ring (bicyclic) bond motifs is 1. The summed E-state index contributed by atoms with van der Waals surface area (Å²) in [7, 11) is 0. The van der Waals surface area contributed by atoms with Crippen LogP contribution in [-0.2, 0) is 16.1 Å². The lowest BCUT2D eigenvalue weighted by Crippen LogP contribution is -2.52. The molecule has 1 aromatic carbocycles. The van der Waals surface area contributed by atoms with Crippen molar-refractivity contribution in [3.8, 4) is 0 Å². The summed E-state index contributed by atoms with van der Waals surface area (Å²) in [6.45, 7) is 0.193. The van der Waals surface area contributed by atoms with E-state index in [-0.39, 0.29) is 43.7 Å². The second-order valence-electron chi connectivity index (χ2n) is 7.81. The van der Waals surface area contributed by atoms with Crippen molar-refractivity contribution in [3.63, 3.8) is 0 Å². The Morgan fingerprint density at radius 3 is 2.71 bits per heavy atom. The Labute approximate surface area is 161 Å². The normalized spacial score (nSPS) is 23.5. The SMILES string of the molecule is O=C1CCC(N2Cc3cc(C(=O)NCC4(F)CCCC4)ccc3C2=O)C(=O)N1. The van der Waals surface area contributed by atoms with E-state index in [4.69, 9.17) is 0 Å². The Kier molecular flexibility index (Phi) is 4.64. The van der Waals surface area contributed by atoms with Crippen LogP contribution in [0.2, 0.25) is 0 Å². The molecule has 0 spiro atoms. The topological polar surface area (TPSA) is 95.6 Å². The van der Waals surface area contributed by atoms with Gasteiger partial charge in [-0.2, -0.15) is 0 Å². The number of nitrogens with zero attached hydrogens (tertiary/aromatic N) is 1. The molecule has 4 amide bonds. The molecule has 0 radical (unpaired) electrons. The fraction of sp³-hybridized carbons (Fsp3) is 0.500. The number of imide groups is 1. The quantitative estimate of drug-likeness (QED) is 0.765. The van der Waals surface area contributed by atoms with E-state index >= 15 is 0 Å². The molecule has 2 heterocycles. The first kappa shape index (κ1) is 18.6. The molecule has 3 aliphatic rings. The van der Waals surface area contributed by atoms with E-state index in [2.05, 4.69) is 10.6 Å².